The maximum atomic E-state index is 12.4. The Hall–Kier alpha value is -0.920. The first-order valence-electron chi connectivity index (χ1n) is 6.31. The van der Waals surface area contributed by atoms with Gasteiger partial charge in [0.2, 0.25) is 10.0 Å². The Labute approximate surface area is 126 Å². The minimum Gasteiger partial charge on any atom is -0.480 e. The third kappa shape index (κ3) is 3.21. The molecular weight excluding hydrogens is 346 g/mol. The Morgan fingerprint density at radius 3 is 2.55 bits per heavy atom. The van der Waals surface area contributed by atoms with Crippen LogP contribution < -0.4 is 0 Å². The number of carbonyl (C=O) groups is 1. The van der Waals surface area contributed by atoms with Crippen LogP contribution in [0.5, 0.6) is 0 Å². The molecule has 1 aliphatic carbocycles. The molecule has 1 N–H and O–H groups in total. The van der Waals surface area contributed by atoms with Crippen LogP contribution in [0.3, 0.4) is 0 Å². The summed E-state index contributed by atoms with van der Waals surface area (Å²) in [5, 5.41) is 7.55. The minimum absolute atomic E-state index is 0.0751. The summed E-state index contributed by atoms with van der Waals surface area (Å²) in [5.74, 6) is -1.32. The summed E-state index contributed by atoms with van der Waals surface area (Å²) in [6, 6.07) is 7.28. The Balaban J connectivity index is 2.29. The van der Waals surface area contributed by atoms with Crippen molar-refractivity contribution in [3.8, 4) is 0 Å². The fraction of sp³-hybridized carbons (Fsp3) is 0.462. The Kier molecular flexibility index (Phi) is 4.51. The molecule has 5 nitrogen and oxygen atoms in total. The summed E-state index contributed by atoms with van der Waals surface area (Å²) in [6.45, 7) is 1.42. The van der Waals surface area contributed by atoms with Gasteiger partial charge in [-0.2, -0.15) is 4.31 Å². The molecule has 0 bridgehead atoms. The highest BCUT2D eigenvalue weighted by atomic mass is 79.9. The van der Waals surface area contributed by atoms with Crippen LogP contribution in [-0.2, 0) is 21.4 Å². The summed E-state index contributed by atoms with van der Waals surface area (Å²) in [7, 11) is -3.84. The maximum absolute atomic E-state index is 12.4. The zero-order valence-electron chi connectivity index (χ0n) is 11.0. The van der Waals surface area contributed by atoms with Crippen molar-refractivity contribution in [2.24, 2.45) is 0 Å². The van der Waals surface area contributed by atoms with Gasteiger partial charge in [-0.3, -0.25) is 4.79 Å². The Bertz CT molecular complexity index is 613. The number of hydrogen-bond acceptors (Lipinski definition) is 3. The van der Waals surface area contributed by atoms with Crippen molar-refractivity contribution in [1.82, 2.24) is 4.31 Å². The molecule has 110 valence electrons. The highest BCUT2D eigenvalue weighted by molar-refractivity contribution is 9.10. The quantitative estimate of drug-likeness (QED) is 0.842. The molecule has 1 aromatic rings. The van der Waals surface area contributed by atoms with Crippen LogP contribution >= 0.6 is 15.9 Å². The summed E-state index contributed by atoms with van der Waals surface area (Å²) in [5.41, 5.74) is 0.834. The lowest BCUT2D eigenvalue weighted by atomic mass is 10.2. The van der Waals surface area contributed by atoms with Crippen LogP contribution in [0.4, 0.5) is 0 Å². The smallest absolute Gasteiger partial charge is 0.323 e. The van der Waals surface area contributed by atoms with Crippen molar-refractivity contribution in [2.75, 3.05) is 0 Å². The average molecular weight is 362 g/mol. The molecule has 1 aliphatic rings. The molecule has 1 fully saturated rings. The van der Waals surface area contributed by atoms with Crippen LogP contribution in [0, 0.1) is 0 Å². The number of benzene rings is 1. The summed E-state index contributed by atoms with van der Waals surface area (Å²) >= 11 is 3.39. The molecule has 0 aliphatic heterocycles. The molecule has 20 heavy (non-hydrogen) atoms. The molecule has 7 heteroatoms. The van der Waals surface area contributed by atoms with Gasteiger partial charge in [0.1, 0.15) is 0 Å². The second-order valence-corrected chi connectivity index (χ2v) is 7.95. The summed E-state index contributed by atoms with van der Waals surface area (Å²) in [6.07, 6.45) is 1.58. The normalized spacial score (nSPS) is 17.1. The molecule has 1 saturated carbocycles. The van der Waals surface area contributed by atoms with Crippen molar-refractivity contribution in [3.05, 3.63) is 34.3 Å². The lowest BCUT2D eigenvalue weighted by molar-refractivity contribution is -0.136. The van der Waals surface area contributed by atoms with Gasteiger partial charge in [0, 0.05) is 17.1 Å². The van der Waals surface area contributed by atoms with E-state index in [4.69, 9.17) is 5.11 Å². The van der Waals surface area contributed by atoms with Gasteiger partial charge in [0.05, 0.1) is 0 Å². The number of aliphatic carboxylic acids is 1. The molecule has 0 heterocycles. The van der Waals surface area contributed by atoms with E-state index in [2.05, 4.69) is 15.9 Å². The SMILES string of the molecule is CC(C(=O)O)S(=O)(=O)N(Cc1ccccc1Br)C1CC1. The lowest BCUT2D eigenvalue weighted by Gasteiger charge is -2.24. The lowest BCUT2D eigenvalue weighted by Crippen LogP contribution is -2.42. The number of carboxylic acids is 1. The van der Waals surface area contributed by atoms with E-state index in [1.165, 1.54) is 11.2 Å². The van der Waals surface area contributed by atoms with Crippen molar-refractivity contribution in [3.63, 3.8) is 0 Å². The highest BCUT2D eigenvalue weighted by Gasteiger charge is 2.42. The van der Waals surface area contributed by atoms with E-state index < -0.39 is 21.2 Å². The number of rotatable bonds is 6. The van der Waals surface area contributed by atoms with Gasteiger partial charge in [0.15, 0.2) is 5.25 Å². The second-order valence-electron chi connectivity index (χ2n) is 4.89. The van der Waals surface area contributed by atoms with E-state index in [0.29, 0.717) is 0 Å². The maximum Gasteiger partial charge on any atom is 0.323 e. The molecule has 2 rings (SSSR count). The van der Waals surface area contributed by atoms with Gasteiger partial charge in [-0.05, 0) is 31.4 Å². The third-order valence-corrected chi connectivity index (χ3v) is 6.31. The molecule has 1 atom stereocenters. The Morgan fingerprint density at radius 1 is 1.45 bits per heavy atom. The van der Waals surface area contributed by atoms with Crippen molar-refractivity contribution in [1.29, 1.82) is 0 Å². The van der Waals surface area contributed by atoms with Gasteiger partial charge in [-0.15, -0.1) is 0 Å². The zero-order chi connectivity index (χ0) is 14.9. The van der Waals surface area contributed by atoms with Gasteiger partial charge < -0.3 is 5.11 Å². The van der Waals surface area contributed by atoms with E-state index in [1.807, 2.05) is 24.3 Å². The molecule has 0 spiro atoms. The van der Waals surface area contributed by atoms with E-state index >= 15 is 0 Å². The first-order valence-corrected chi connectivity index (χ1v) is 8.60. The zero-order valence-corrected chi connectivity index (χ0v) is 13.4. The fourth-order valence-corrected chi connectivity index (χ4v) is 3.93. The van der Waals surface area contributed by atoms with Gasteiger partial charge in [-0.1, -0.05) is 34.1 Å². The van der Waals surface area contributed by atoms with Crippen molar-refractivity contribution >= 4 is 31.9 Å². The first kappa shape index (κ1) is 15.5. The van der Waals surface area contributed by atoms with E-state index in [-0.39, 0.29) is 12.6 Å². The first-order chi connectivity index (χ1) is 9.34. The van der Waals surface area contributed by atoms with Crippen LogP contribution in [0.2, 0.25) is 0 Å². The fourth-order valence-electron chi connectivity index (χ4n) is 1.91. The predicted molar refractivity (Wildman–Crippen MR) is 78.7 cm³/mol. The van der Waals surface area contributed by atoms with Crippen LogP contribution in [0.15, 0.2) is 28.7 Å². The van der Waals surface area contributed by atoms with Gasteiger partial charge in [0.25, 0.3) is 0 Å². The topological polar surface area (TPSA) is 74.7 Å². The number of halogens is 1. The molecule has 0 radical (unpaired) electrons. The van der Waals surface area contributed by atoms with E-state index in [1.54, 1.807) is 0 Å². The number of carboxylic acid groups (broad SMARTS) is 1. The minimum atomic E-state index is -3.84. The number of hydrogen-bond donors (Lipinski definition) is 1. The Morgan fingerprint density at radius 2 is 2.05 bits per heavy atom. The third-order valence-electron chi connectivity index (χ3n) is 3.36. The molecule has 1 aromatic carbocycles. The van der Waals surface area contributed by atoms with Gasteiger partial charge in [-0.25, -0.2) is 8.42 Å². The van der Waals surface area contributed by atoms with E-state index in [9.17, 15) is 13.2 Å². The monoisotopic (exact) mass is 361 g/mol. The number of sulfonamides is 1. The van der Waals surface area contributed by atoms with Crippen LogP contribution in [-0.4, -0.2) is 35.1 Å². The largest absolute Gasteiger partial charge is 0.480 e. The molecule has 0 amide bonds. The molecule has 0 aromatic heterocycles. The summed E-state index contributed by atoms with van der Waals surface area (Å²) < 4.78 is 26.9. The second kappa shape index (κ2) is 5.83. The average Bonchev–Trinajstić information content (AvgIpc) is 3.20. The molecular formula is C13H16BrNO4S. The van der Waals surface area contributed by atoms with Crippen LogP contribution in [0.1, 0.15) is 25.3 Å². The highest BCUT2D eigenvalue weighted by Crippen LogP contribution is 2.33. The summed E-state index contributed by atoms with van der Waals surface area (Å²) in [4.78, 5) is 11.0. The molecule has 0 saturated heterocycles. The van der Waals surface area contributed by atoms with Crippen molar-refractivity contribution < 1.29 is 18.3 Å². The van der Waals surface area contributed by atoms with Gasteiger partial charge >= 0.3 is 5.97 Å². The predicted octanol–water partition coefficient (Wildman–Crippen LogP) is 2.22. The standard InChI is InChI=1S/C13H16BrNO4S/c1-9(13(16)17)20(18,19)15(11-6-7-11)8-10-4-2-3-5-12(10)14/h2-5,9,11H,6-8H2,1H3,(H,16,17). The van der Waals surface area contributed by atoms with E-state index in [0.717, 1.165) is 22.9 Å². The molecule has 1 unspecified atom stereocenters. The number of nitrogens with zero attached hydrogens (tertiary/aromatic N) is 1. The van der Waals surface area contributed by atoms with Crippen molar-refractivity contribution in [2.45, 2.75) is 37.6 Å². The van der Waals surface area contributed by atoms with Crippen LogP contribution in [0.25, 0.3) is 0 Å².